The number of hydrogen-bond donors (Lipinski definition) is 0. The van der Waals surface area contributed by atoms with E-state index >= 15 is 0 Å². The van der Waals surface area contributed by atoms with E-state index in [1.54, 1.807) is 18.1 Å². The first-order valence-electron chi connectivity index (χ1n) is 9.20. The Bertz CT molecular complexity index is 780. The number of nitrogens with zero attached hydrogens (tertiary/aromatic N) is 3. The molecule has 1 aliphatic rings. The first-order valence-corrected chi connectivity index (χ1v) is 9.58. The van der Waals surface area contributed by atoms with E-state index in [4.69, 9.17) is 11.6 Å². The fourth-order valence-electron chi connectivity index (χ4n) is 3.37. The normalized spacial score (nSPS) is 17.0. The van der Waals surface area contributed by atoms with Crippen molar-refractivity contribution in [3.63, 3.8) is 0 Å². The molecule has 0 unspecified atom stereocenters. The average Bonchev–Trinajstić information content (AvgIpc) is 2.69. The molecule has 1 atom stereocenters. The molecule has 1 aromatic heterocycles. The summed E-state index contributed by atoms with van der Waals surface area (Å²) in [4.78, 5) is 32.9. The Balaban J connectivity index is 1.56. The van der Waals surface area contributed by atoms with Gasteiger partial charge in [0.25, 0.3) is 0 Å². The Morgan fingerprint density at radius 1 is 1.26 bits per heavy atom. The Kier molecular flexibility index (Phi) is 6.45. The van der Waals surface area contributed by atoms with Gasteiger partial charge in [0.05, 0.1) is 18.2 Å². The topological polar surface area (TPSA) is 53.5 Å². The van der Waals surface area contributed by atoms with E-state index in [1.165, 1.54) is 0 Å². The Morgan fingerprint density at radius 2 is 2.04 bits per heavy atom. The zero-order valence-electron chi connectivity index (χ0n) is 15.5. The van der Waals surface area contributed by atoms with Gasteiger partial charge in [-0.2, -0.15) is 0 Å². The molecule has 27 heavy (non-hydrogen) atoms. The second-order valence-electron chi connectivity index (χ2n) is 6.97. The van der Waals surface area contributed by atoms with Crippen molar-refractivity contribution in [3.05, 3.63) is 64.9 Å². The van der Waals surface area contributed by atoms with E-state index in [0.29, 0.717) is 37.5 Å². The molecule has 0 radical (unpaired) electrons. The fraction of sp³-hybridized carbons (Fsp3) is 0.381. The molecule has 142 valence electrons. The Labute approximate surface area is 164 Å². The molecule has 0 N–H and O–H groups in total. The summed E-state index contributed by atoms with van der Waals surface area (Å²) in [6, 6.07) is 13.3. The summed E-state index contributed by atoms with van der Waals surface area (Å²) < 4.78 is 0. The summed E-state index contributed by atoms with van der Waals surface area (Å²) in [5.74, 6) is 0.0478. The van der Waals surface area contributed by atoms with Crippen LogP contribution in [0.2, 0.25) is 5.02 Å². The van der Waals surface area contributed by atoms with Crippen molar-refractivity contribution in [2.24, 2.45) is 5.92 Å². The number of hydrogen-bond acceptors (Lipinski definition) is 3. The van der Waals surface area contributed by atoms with Gasteiger partial charge in [-0.05, 0) is 42.7 Å². The number of halogens is 1. The molecule has 5 nitrogen and oxygen atoms in total. The number of benzene rings is 1. The molecular formula is C21H24ClN3O2. The van der Waals surface area contributed by atoms with Gasteiger partial charge in [-0.1, -0.05) is 29.8 Å². The molecule has 0 aliphatic carbocycles. The maximum atomic E-state index is 12.8. The van der Waals surface area contributed by atoms with Crippen LogP contribution in [0.15, 0.2) is 48.7 Å². The molecular weight excluding hydrogens is 362 g/mol. The minimum Gasteiger partial charge on any atom is -0.342 e. The molecule has 2 amide bonds. The molecule has 1 fully saturated rings. The number of carbonyl (C=O) groups excluding carboxylic acids is 2. The smallest absolute Gasteiger partial charge is 0.227 e. The maximum absolute atomic E-state index is 12.8. The highest BCUT2D eigenvalue weighted by Crippen LogP contribution is 2.21. The largest absolute Gasteiger partial charge is 0.342 e. The van der Waals surface area contributed by atoms with Gasteiger partial charge in [-0.15, -0.1) is 0 Å². The van der Waals surface area contributed by atoms with Crippen LogP contribution in [0.1, 0.15) is 24.1 Å². The molecule has 2 aromatic rings. The third-order valence-electron chi connectivity index (χ3n) is 4.93. The molecule has 2 heterocycles. The minimum atomic E-state index is -0.151. The molecule has 3 rings (SSSR count). The number of aromatic nitrogens is 1. The molecule has 0 spiro atoms. The lowest BCUT2D eigenvalue weighted by atomic mass is 9.95. The Hall–Kier alpha value is -2.40. The van der Waals surface area contributed by atoms with E-state index in [-0.39, 0.29) is 17.7 Å². The van der Waals surface area contributed by atoms with Gasteiger partial charge in [0.15, 0.2) is 0 Å². The van der Waals surface area contributed by atoms with Crippen LogP contribution < -0.4 is 0 Å². The number of pyridine rings is 1. The van der Waals surface area contributed by atoms with Crippen LogP contribution in [0.5, 0.6) is 0 Å². The second-order valence-corrected chi connectivity index (χ2v) is 7.40. The third-order valence-corrected chi connectivity index (χ3v) is 5.19. The number of amides is 2. The molecule has 1 aliphatic heterocycles. The van der Waals surface area contributed by atoms with Crippen LogP contribution >= 0.6 is 11.6 Å². The molecule has 0 bridgehead atoms. The fourth-order valence-corrected chi connectivity index (χ4v) is 3.50. The molecule has 0 saturated carbocycles. The second kappa shape index (κ2) is 9.00. The van der Waals surface area contributed by atoms with E-state index in [2.05, 4.69) is 4.98 Å². The zero-order valence-corrected chi connectivity index (χ0v) is 16.2. The molecule has 1 aromatic carbocycles. The van der Waals surface area contributed by atoms with Crippen LogP contribution in [0.25, 0.3) is 0 Å². The van der Waals surface area contributed by atoms with Crippen LogP contribution in [0, 0.1) is 5.92 Å². The lowest BCUT2D eigenvalue weighted by molar-refractivity contribution is -0.142. The van der Waals surface area contributed by atoms with Crippen molar-refractivity contribution in [2.75, 3.05) is 20.1 Å². The van der Waals surface area contributed by atoms with Crippen LogP contribution in [0.3, 0.4) is 0 Å². The standard InChI is InChI=1S/C21H24ClN3O2/c1-24(15-19-4-2-3-12-23-19)21(27)17-7-10-20(26)25(14-17)13-11-16-5-8-18(22)9-6-16/h2-6,8-9,12,17H,7,10-11,13-15H2,1H3/t17-/m0/s1. The first kappa shape index (κ1) is 19.4. The van der Waals surface area contributed by atoms with Gasteiger partial charge in [0, 0.05) is 37.8 Å². The highest BCUT2D eigenvalue weighted by atomic mass is 35.5. The summed E-state index contributed by atoms with van der Waals surface area (Å²) in [6.45, 7) is 1.58. The summed E-state index contributed by atoms with van der Waals surface area (Å²) in [7, 11) is 1.80. The van der Waals surface area contributed by atoms with Crippen LogP contribution in [0.4, 0.5) is 0 Å². The van der Waals surface area contributed by atoms with E-state index in [9.17, 15) is 9.59 Å². The van der Waals surface area contributed by atoms with Gasteiger partial charge >= 0.3 is 0 Å². The monoisotopic (exact) mass is 385 g/mol. The summed E-state index contributed by atoms with van der Waals surface area (Å²) in [6.07, 6.45) is 3.52. The van der Waals surface area contributed by atoms with Crippen molar-refractivity contribution in [2.45, 2.75) is 25.8 Å². The molecule has 1 saturated heterocycles. The summed E-state index contributed by atoms with van der Waals surface area (Å²) >= 11 is 5.91. The summed E-state index contributed by atoms with van der Waals surface area (Å²) in [5.41, 5.74) is 1.99. The number of carbonyl (C=O) groups is 2. The van der Waals surface area contributed by atoms with Gasteiger partial charge in [0.2, 0.25) is 11.8 Å². The first-order chi connectivity index (χ1) is 13.0. The minimum absolute atomic E-state index is 0.0737. The van der Waals surface area contributed by atoms with E-state index in [1.807, 2.05) is 47.4 Å². The third kappa shape index (κ3) is 5.30. The van der Waals surface area contributed by atoms with Gasteiger partial charge in [0.1, 0.15) is 0 Å². The SMILES string of the molecule is CN(Cc1ccccn1)C(=O)[C@H]1CCC(=O)N(CCc2ccc(Cl)cc2)C1. The highest BCUT2D eigenvalue weighted by Gasteiger charge is 2.31. The quantitative estimate of drug-likeness (QED) is 0.767. The van der Waals surface area contributed by atoms with Crippen molar-refractivity contribution >= 4 is 23.4 Å². The van der Waals surface area contributed by atoms with Crippen molar-refractivity contribution in [3.8, 4) is 0 Å². The van der Waals surface area contributed by atoms with Gasteiger partial charge in [-0.25, -0.2) is 0 Å². The van der Waals surface area contributed by atoms with Crippen molar-refractivity contribution in [1.82, 2.24) is 14.8 Å². The molecule has 6 heteroatoms. The average molecular weight is 386 g/mol. The van der Waals surface area contributed by atoms with Crippen LogP contribution in [-0.2, 0) is 22.6 Å². The van der Waals surface area contributed by atoms with Crippen molar-refractivity contribution in [1.29, 1.82) is 0 Å². The predicted molar refractivity (Wildman–Crippen MR) is 105 cm³/mol. The predicted octanol–water partition coefficient (Wildman–Crippen LogP) is 3.17. The highest BCUT2D eigenvalue weighted by molar-refractivity contribution is 6.30. The maximum Gasteiger partial charge on any atom is 0.227 e. The number of likely N-dealkylation sites (tertiary alicyclic amines) is 1. The number of rotatable bonds is 6. The van der Waals surface area contributed by atoms with Gasteiger partial charge in [-0.3, -0.25) is 14.6 Å². The summed E-state index contributed by atoms with van der Waals surface area (Å²) in [5, 5.41) is 0.703. The van der Waals surface area contributed by atoms with E-state index < -0.39 is 0 Å². The zero-order chi connectivity index (χ0) is 19.2. The Morgan fingerprint density at radius 3 is 2.74 bits per heavy atom. The lowest BCUT2D eigenvalue weighted by Gasteiger charge is -2.34. The van der Waals surface area contributed by atoms with Crippen molar-refractivity contribution < 1.29 is 9.59 Å². The van der Waals surface area contributed by atoms with E-state index in [0.717, 1.165) is 17.7 Å². The lowest BCUT2D eigenvalue weighted by Crippen LogP contribution is -2.46. The van der Waals surface area contributed by atoms with Gasteiger partial charge < -0.3 is 9.80 Å². The number of piperidine rings is 1. The van der Waals surface area contributed by atoms with Crippen LogP contribution in [-0.4, -0.2) is 46.7 Å².